The van der Waals surface area contributed by atoms with E-state index in [0.29, 0.717) is 11.3 Å². The van der Waals surface area contributed by atoms with Crippen LogP contribution in [0.2, 0.25) is 0 Å². The molecule has 0 aliphatic rings. The number of Topliss-reactive ketones (excluding diaryl/α,β-unsaturated/α-hetero) is 1. The molecule has 0 radical (unpaired) electrons. The molecule has 1 heterocycles. The number of anilines is 2. The maximum Gasteiger partial charge on any atom is 0.237 e. The number of carbonyl (C=O) groups is 2. The maximum atomic E-state index is 12.3. The first-order chi connectivity index (χ1) is 11.5. The van der Waals surface area contributed by atoms with Gasteiger partial charge in [0.1, 0.15) is 0 Å². The molecule has 0 aliphatic carbocycles. The van der Waals surface area contributed by atoms with E-state index < -0.39 is 0 Å². The van der Waals surface area contributed by atoms with E-state index in [9.17, 15) is 9.59 Å². The van der Waals surface area contributed by atoms with Crippen molar-refractivity contribution < 1.29 is 9.59 Å². The van der Waals surface area contributed by atoms with Crippen LogP contribution in [0, 0.1) is 0 Å². The maximum absolute atomic E-state index is 12.3. The molecule has 0 spiro atoms. The SMILES string of the molecule is CCCNc1nnc(SC(C)C(=O)Nc2ccc(C(C)=O)cc2)s1. The topological polar surface area (TPSA) is 84.0 Å². The zero-order chi connectivity index (χ0) is 17.5. The fourth-order valence-corrected chi connectivity index (χ4v) is 3.72. The molecule has 128 valence electrons. The molecule has 1 aromatic heterocycles. The Morgan fingerprint density at radius 1 is 1.25 bits per heavy atom. The molecule has 0 bridgehead atoms. The van der Waals surface area contributed by atoms with Crippen LogP contribution in [0.1, 0.15) is 37.6 Å². The van der Waals surface area contributed by atoms with E-state index in [2.05, 4.69) is 27.8 Å². The summed E-state index contributed by atoms with van der Waals surface area (Å²) >= 11 is 2.81. The number of hydrogen-bond acceptors (Lipinski definition) is 7. The van der Waals surface area contributed by atoms with E-state index in [1.54, 1.807) is 24.3 Å². The van der Waals surface area contributed by atoms with Gasteiger partial charge in [0, 0.05) is 17.8 Å². The standard InChI is InChI=1S/C16H20N4O2S2/c1-4-9-17-15-19-20-16(24-15)23-11(3)14(22)18-13-7-5-12(6-8-13)10(2)21/h5-8,11H,4,9H2,1-3H3,(H,17,19)(H,18,22). The van der Waals surface area contributed by atoms with Crippen molar-refractivity contribution in [1.29, 1.82) is 0 Å². The average molecular weight is 364 g/mol. The Bertz CT molecular complexity index is 700. The number of amides is 1. The fourth-order valence-electron chi connectivity index (χ4n) is 1.80. The van der Waals surface area contributed by atoms with Crippen molar-refractivity contribution in [3.8, 4) is 0 Å². The van der Waals surface area contributed by atoms with Gasteiger partial charge in [0.15, 0.2) is 10.1 Å². The molecule has 2 aromatic rings. The van der Waals surface area contributed by atoms with Gasteiger partial charge in [0.2, 0.25) is 11.0 Å². The third kappa shape index (κ3) is 5.31. The summed E-state index contributed by atoms with van der Waals surface area (Å²) in [5.41, 5.74) is 1.29. The lowest BCUT2D eigenvalue weighted by atomic mass is 10.1. The number of thioether (sulfide) groups is 1. The minimum absolute atomic E-state index is 0.000515. The van der Waals surface area contributed by atoms with Crippen LogP contribution in [0.25, 0.3) is 0 Å². The molecule has 0 aliphatic heterocycles. The third-order valence-electron chi connectivity index (χ3n) is 3.14. The molecule has 1 amide bonds. The van der Waals surface area contributed by atoms with E-state index in [1.165, 1.54) is 30.0 Å². The Hall–Kier alpha value is -1.93. The highest BCUT2D eigenvalue weighted by molar-refractivity contribution is 8.02. The van der Waals surface area contributed by atoms with Gasteiger partial charge in [-0.3, -0.25) is 9.59 Å². The summed E-state index contributed by atoms with van der Waals surface area (Å²) in [6, 6.07) is 6.85. The van der Waals surface area contributed by atoms with Gasteiger partial charge in [-0.15, -0.1) is 10.2 Å². The predicted molar refractivity (Wildman–Crippen MR) is 99.1 cm³/mol. The van der Waals surface area contributed by atoms with Gasteiger partial charge in [-0.1, -0.05) is 30.0 Å². The fraction of sp³-hybridized carbons (Fsp3) is 0.375. The predicted octanol–water partition coefficient (Wildman–Crippen LogP) is 3.68. The lowest BCUT2D eigenvalue weighted by Crippen LogP contribution is -2.22. The molecule has 6 nitrogen and oxygen atoms in total. The normalized spacial score (nSPS) is 11.8. The van der Waals surface area contributed by atoms with Crippen LogP contribution in [0.15, 0.2) is 28.6 Å². The molecule has 2 rings (SSSR count). The highest BCUT2D eigenvalue weighted by Crippen LogP contribution is 2.29. The highest BCUT2D eigenvalue weighted by atomic mass is 32.2. The van der Waals surface area contributed by atoms with Crippen molar-refractivity contribution in [2.45, 2.75) is 36.8 Å². The number of nitrogens with zero attached hydrogens (tertiary/aromatic N) is 2. The van der Waals surface area contributed by atoms with Crippen molar-refractivity contribution in [1.82, 2.24) is 10.2 Å². The monoisotopic (exact) mass is 364 g/mol. The third-order valence-corrected chi connectivity index (χ3v) is 5.20. The van der Waals surface area contributed by atoms with Gasteiger partial charge in [0.25, 0.3) is 0 Å². The Balaban J connectivity index is 1.89. The van der Waals surface area contributed by atoms with Gasteiger partial charge in [-0.05, 0) is 44.5 Å². The zero-order valence-corrected chi connectivity index (χ0v) is 15.5. The molecular weight excluding hydrogens is 344 g/mol. The van der Waals surface area contributed by atoms with E-state index in [4.69, 9.17) is 0 Å². The number of carbonyl (C=O) groups excluding carboxylic acids is 2. The van der Waals surface area contributed by atoms with Gasteiger partial charge < -0.3 is 10.6 Å². The molecule has 8 heteroatoms. The molecule has 0 fully saturated rings. The number of benzene rings is 1. The van der Waals surface area contributed by atoms with Crippen LogP contribution in [0.5, 0.6) is 0 Å². The second-order valence-corrected chi connectivity index (χ2v) is 7.75. The Kier molecular flexibility index (Phi) is 6.74. The van der Waals surface area contributed by atoms with E-state index in [-0.39, 0.29) is 16.9 Å². The Morgan fingerprint density at radius 2 is 1.96 bits per heavy atom. The molecule has 24 heavy (non-hydrogen) atoms. The summed E-state index contributed by atoms with van der Waals surface area (Å²) < 4.78 is 0.753. The molecule has 1 aromatic carbocycles. The minimum atomic E-state index is -0.301. The van der Waals surface area contributed by atoms with Gasteiger partial charge in [0.05, 0.1) is 5.25 Å². The first-order valence-electron chi connectivity index (χ1n) is 7.65. The van der Waals surface area contributed by atoms with Gasteiger partial charge >= 0.3 is 0 Å². The second kappa shape index (κ2) is 8.79. The van der Waals surface area contributed by atoms with Crippen LogP contribution in [0.3, 0.4) is 0 Å². The van der Waals surface area contributed by atoms with Crippen molar-refractivity contribution >= 4 is 45.6 Å². The summed E-state index contributed by atoms with van der Waals surface area (Å²) in [7, 11) is 0. The van der Waals surface area contributed by atoms with Crippen LogP contribution in [0.4, 0.5) is 10.8 Å². The first kappa shape index (κ1) is 18.4. The minimum Gasteiger partial charge on any atom is -0.360 e. The average Bonchev–Trinajstić information content (AvgIpc) is 3.00. The molecule has 1 atom stereocenters. The summed E-state index contributed by atoms with van der Waals surface area (Å²) in [5.74, 6) is -0.116. The van der Waals surface area contributed by atoms with E-state index in [1.807, 2.05) is 6.92 Å². The Morgan fingerprint density at radius 3 is 2.58 bits per heavy atom. The largest absolute Gasteiger partial charge is 0.360 e. The van der Waals surface area contributed by atoms with E-state index in [0.717, 1.165) is 22.4 Å². The molecular formula is C16H20N4O2S2. The number of rotatable bonds is 8. The number of ketones is 1. The first-order valence-corrected chi connectivity index (χ1v) is 9.35. The lowest BCUT2D eigenvalue weighted by Gasteiger charge is -2.10. The zero-order valence-electron chi connectivity index (χ0n) is 13.8. The number of nitrogens with one attached hydrogen (secondary N) is 2. The summed E-state index contributed by atoms with van der Waals surface area (Å²) in [6.07, 6.45) is 1.02. The smallest absolute Gasteiger partial charge is 0.237 e. The number of hydrogen-bond donors (Lipinski definition) is 2. The van der Waals surface area contributed by atoms with Crippen LogP contribution < -0.4 is 10.6 Å². The lowest BCUT2D eigenvalue weighted by molar-refractivity contribution is -0.115. The van der Waals surface area contributed by atoms with Gasteiger partial charge in [-0.2, -0.15) is 0 Å². The summed E-state index contributed by atoms with van der Waals surface area (Å²) in [5, 5.41) is 14.6. The molecule has 1 unspecified atom stereocenters. The van der Waals surface area contributed by atoms with Crippen molar-refractivity contribution in [2.24, 2.45) is 0 Å². The van der Waals surface area contributed by atoms with Crippen molar-refractivity contribution in [2.75, 3.05) is 17.2 Å². The molecule has 0 saturated carbocycles. The molecule has 0 saturated heterocycles. The quantitative estimate of drug-likeness (QED) is 0.549. The number of aromatic nitrogens is 2. The summed E-state index contributed by atoms with van der Waals surface area (Å²) in [4.78, 5) is 23.5. The second-order valence-electron chi connectivity index (χ2n) is 5.18. The highest BCUT2D eigenvalue weighted by Gasteiger charge is 2.17. The Labute approximate surface area is 149 Å². The molecule has 2 N–H and O–H groups in total. The summed E-state index contributed by atoms with van der Waals surface area (Å²) in [6.45, 7) is 6.27. The van der Waals surface area contributed by atoms with Crippen LogP contribution >= 0.6 is 23.1 Å². The van der Waals surface area contributed by atoms with Crippen molar-refractivity contribution in [3.05, 3.63) is 29.8 Å². The van der Waals surface area contributed by atoms with Gasteiger partial charge in [-0.25, -0.2) is 0 Å². The van der Waals surface area contributed by atoms with E-state index >= 15 is 0 Å². The van der Waals surface area contributed by atoms with Crippen LogP contribution in [-0.4, -0.2) is 33.7 Å². The van der Waals surface area contributed by atoms with Crippen LogP contribution in [-0.2, 0) is 4.79 Å². The van der Waals surface area contributed by atoms with Crippen molar-refractivity contribution in [3.63, 3.8) is 0 Å².